The number of hydrogen-bond acceptors (Lipinski definition) is 3. The molecule has 0 aliphatic rings. The predicted molar refractivity (Wildman–Crippen MR) is 69.3 cm³/mol. The molecule has 0 atom stereocenters. The molecule has 0 bridgehead atoms. The minimum atomic E-state index is -0.0489. The molecule has 0 radical (unpaired) electrons. The second kappa shape index (κ2) is 6.00. The van der Waals surface area contributed by atoms with Gasteiger partial charge in [0.1, 0.15) is 18.1 Å². The number of aliphatic hydroxyl groups is 1. The van der Waals surface area contributed by atoms with E-state index < -0.39 is 0 Å². The number of aliphatic hydroxyl groups excluding tert-OH is 1. The third-order valence-electron chi connectivity index (χ3n) is 2.41. The lowest BCUT2D eigenvalue weighted by molar-refractivity contribution is 0.242. The minimum Gasteiger partial charge on any atom is -0.462 e. The number of nitrogens with one attached hydrogen (secondary N) is 1. The van der Waals surface area contributed by atoms with Crippen LogP contribution in [0.4, 0.5) is 0 Å². The Morgan fingerprint density at radius 1 is 1.00 bits per heavy atom. The van der Waals surface area contributed by atoms with Gasteiger partial charge in [-0.05, 0) is 29.8 Å². The molecule has 2 aromatic rings. The van der Waals surface area contributed by atoms with Gasteiger partial charge in [0.25, 0.3) is 0 Å². The molecule has 0 amide bonds. The molecule has 4 heteroatoms. The summed E-state index contributed by atoms with van der Waals surface area (Å²) in [5.41, 5.74) is 1.22. The molecule has 17 heavy (non-hydrogen) atoms. The highest BCUT2D eigenvalue weighted by atomic mass is 79.9. The third-order valence-corrected chi connectivity index (χ3v) is 2.94. The fourth-order valence-electron chi connectivity index (χ4n) is 1.53. The van der Waals surface area contributed by atoms with Crippen LogP contribution in [0.5, 0.6) is 0 Å². The highest BCUT2D eigenvalue weighted by molar-refractivity contribution is 9.10. The number of rotatable bonds is 5. The Balaban J connectivity index is 1.81. The van der Waals surface area contributed by atoms with E-state index in [-0.39, 0.29) is 6.61 Å². The van der Waals surface area contributed by atoms with E-state index in [4.69, 9.17) is 9.52 Å². The lowest BCUT2D eigenvalue weighted by Crippen LogP contribution is -2.11. The van der Waals surface area contributed by atoms with Crippen LogP contribution < -0.4 is 5.32 Å². The maximum atomic E-state index is 8.86. The monoisotopic (exact) mass is 295 g/mol. The Kier molecular flexibility index (Phi) is 4.36. The van der Waals surface area contributed by atoms with E-state index in [1.807, 2.05) is 18.2 Å². The molecule has 2 N–H and O–H groups in total. The lowest BCUT2D eigenvalue weighted by Gasteiger charge is -2.03. The molecule has 90 valence electrons. The van der Waals surface area contributed by atoms with Crippen LogP contribution in [0.15, 0.2) is 45.3 Å². The smallest absolute Gasteiger partial charge is 0.129 e. The average molecular weight is 296 g/mol. The van der Waals surface area contributed by atoms with Crippen LogP contribution in [-0.2, 0) is 19.7 Å². The lowest BCUT2D eigenvalue weighted by atomic mass is 10.2. The second-order valence-corrected chi connectivity index (χ2v) is 4.67. The van der Waals surface area contributed by atoms with E-state index in [9.17, 15) is 0 Å². The van der Waals surface area contributed by atoms with Gasteiger partial charge in [0, 0.05) is 11.0 Å². The molecule has 0 saturated carbocycles. The van der Waals surface area contributed by atoms with Gasteiger partial charge in [-0.15, -0.1) is 0 Å². The minimum absolute atomic E-state index is 0.0489. The summed E-state index contributed by atoms with van der Waals surface area (Å²) in [4.78, 5) is 0. The molecule has 0 aliphatic carbocycles. The van der Waals surface area contributed by atoms with Gasteiger partial charge in [-0.2, -0.15) is 0 Å². The van der Waals surface area contributed by atoms with Crippen molar-refractivity contribution in [2.45, 2.75) is 19.7 Å². The van der Waals surface area contributed by atoms with Crippen molar-refractivity contribution in [2.24, 2.45) is 0 Å². The molecule has 0 aliphatic heterocycles. The SMILES string of the molecule is OCc1ccc(CNCc2ccc(Br)cc2)o1. The molecular weight excluding hydrogens is 282 g/mol. The van der Waals surface area contributed by atoms with Gasteiger partial charge >= 0.3 is 0 Å². The van der Waals surface area contributed by atoms with Crippen LogP contribution in [0, 0.1) is 0 Å². The van der Waals surface area contributed by atoms with E-state index in [2.05, 4.69) is 33.4 Å². The summed E-state index contributed by atoms with van der Waals surface area (Å²) in [6.07, 6.45) is 0. The highest BCUT2D eigenvalue weighted by Gasteiger charge is 2.00. The summed E-state index contributed by atoms with van der Waals surface area (Å²) in [5.74, 6) is 1.44. The summed E-state index contributed by atoms with van der Waals surface area (Å²) in [6.45, 7) is 1.41. The van der Waals surface area contributed by atoms with Crippen LogP contribution in [0.25, 0.3) is 0 Å². The number of benzene rings is 1. The standard InChI is InChI=1S/C13H14BrNO2/c14-11-3-1-10(2-4-11)7-15-8-12-5-6-13(9-16)17-12/h1-6,15-16H,7-9H2. The van der Waals surface area contributed by atoms with Crippen LogP contribution in [0.1, 0.15) is 17.1 Å². The Hall–Kier alpha value is -1.10. The second-order valence-electron chi connectivity index (χ2n) is 3.76. The first-order valence-corrected chi connectivity index (χ1v) is 6.21. The van der Waals surface area contributed by atoms with Gasteiger partial charge in [0.05, 0.1) is 6.54 Å². The molecule has 0 spiro atoms. The number of furan rings is 1. The van der Waals surface area contributed by atoms with Gasteiger partial charge < -0.3 is 14.8 Å². The predicted octanol–water partition coefficient (Wildman–Crippen LogP) is 2.82. The van der Waals surface area contributed by atoms with Crippen molar-refractivity contribution >= 4 is 15.9 Å². The molecule has 0 fully saturated rings. The zero-order valence-electron chi connectivity index (χ0n) is 9.32. The Bertz CT molecular complexity index is 465. The van der Waals surface area contributed by atoms with Gasteiger partial charge in [-0.1, -0.05) is 28.1 Å². The third kappa shape index (κ3) is 3.70. The van der Waals surface area contributed by atoms with Crippen LogP contribution in [0.2, 0.25) is 0 Å². The zero-order chi connectivity index (χ0) is 12.1. The van der Waals surface area contributed by atoms with E-state index in [0.29, 0.717) is 12.3 Å². The van der Waals surface area contributed by atoms with Crippen LogP contribution in [-0.4, -0.2) is 5.11 Å². The Morgan fingerprint density at radius 2 is 1.71 bits per heavy atom. The summed E-state index contributed by atoms with van der Waals surface area (Å²) in [5, 5.41) is 12.1. The molecule has 1 heterocycles. The van der Waals surface area contributed by atoms with Crippen molar-refractivity contribution in [3.8, 4) is 0 Å². The maximum absolute atomic E-state index is 8.86. The van der Waals surface area contributed by atoms with Crippen molar-refractivity contribution in [1.29, 1.82) is 0 Å². The molecule has 1 aromatic carbocycles. The van der Waals surface area contributed by atoms with Crippen molar-refractivity contribution in [3.63, 3.8) is 0 Å². The fraction of sp³-hybridized carbons (Fsp3) is 0.231. The molecule has 0 saturated heterocycles. The Morgan fingerprint density at radius 3 is 2.35 bits per heavy atom. The normalized spacial score (nSPS) is 10.7. The van der Waals surface area contributed by atoms with E-state index in [1.54, 1.807) is 6.07 Å². The summed E-state index contributed by atoms with van der Waals surface area (Å²) in [6, 6.07) is 11.8. The van der Waals surface area contributed by atoms with Gasteiger partial charge in [-0.3, -0.25) is 0 Å². The van der Waals surface area contributed by atoms with E-state index in [0.717, 1.165) is 16.8 Å². The molecular formula is C13H14BrNO2. The fourth-order valence-corrected chi connectivity index (χ4v) is 1.80. The van der Waals surface area contributed by atoms with Gasteiger partial charge in [0.2, 0.25) is 0 Å². The highest BCUT2D eigenvalue weighted by Crippen LogP contribution is 2.11. The average Bonchev–Trinajstić information content (AvgIpc) is 2.80. The number of hydrogen-bond donors (Lipinski definition) is 2. The molecule has 2 rings (SSSR count). The zero-order valence-corrected chi connectivity index (χ0v) is 10.9. The first-order chi connectivity index (χ1) is 8.28. The van der Waals surface area contributed by atoms with E-state index in [1.165, 1.54) is 5.56 Å². The van der Waals surface area contributed by atoms with E-state index >= 15 is 0 Å². The first-order valence-electron chi connectivity index (χ1n) is 5.41. The summed E-state index contributed by atoms with van der Waals surface area (Å²) >= 11 is 3.40. The first kappa shape index (κ1) is 12.4. The largest absolute Gasteiger partial charge is 0.462 e. The van der Waals surface area contributed by atoms with Crippen LogP contribution >= 0.6 is 15.9 Å². The topological polar surface area (TPSA) is 45.4 Å². The van der Waals surface area contributed by atoms with Crippen LogP contribution in [0.3, 0.4) is 0 Å². The summed E-state index contributed by atoms with van der Waals surface area (Å²) in [7, 11) is 0. The van der Waals surface area contributed by atoms with Gasteiger partial charge in [-0.25, -0.2) is 0 Å². The molecule has 3 nitrogen and oxygen atoms in total. The van der Waals surface area contributed by atoms with Crippen molar-refractivity contribution < 1.29 is 9.52 Å². The quantitative estimate of drug-likeness (QED) is 0.892. The van der Waals surface area contributed by atoms with Crippen molar-refractivity contribution in [3.05, 3.63) is 58.0 Å². The Labute approximate surface area is 109 Å². The summed E-state index contributed by atoms with van der Waals surface area (Å²) < 4.78 is 6.45. The van der Waals surface area contributed by atoms with Crippen molar-refractivity contribution in [2.75, 3.05) is 0 Å². The van der Waals surface area contributed by atoms with Gasteiger partial charge in [0.15, 0.2) is 0 Å². The molecule has 0 unspecified atom stereocenters. The van der Waals surface area contributed by atoms with Crippen molar-refractivity contribution in [1.82, 2.24) is 5.32 Å². The maximum Gasteiger partial charge on any atom is 0.129 e. The molecule has 1 aromatic heterocycles. The number of halogens is 1.